The Balaban J connectivity index is 2.32. The second-order valence-electron chi connectivity index (χ2n) is 4.63. The van der Waals surface area contributed by atoms with Gasteiger partial charge in [0.1, 0.15) is 17.1 Å². The molecule has 2 heterocycles. The molecule has 1 N–H and O–H groups in total. The molecule has 4 rings (SSSR count). The van der Waals surface area contributed by atoms with E-state index in [1.807, 2.05) is 0 Å². The van der Waals surface area contributed by atoms with E-state index in [0.29, 0.717) is 33.4 Å². The van der Waals surface area contributed by atoms with Gasteiger partial charge >= 0.3 is 5.63 Å². The number of ether oxygens (including phenoxy) is 3. The van der Waals surface area contributed by atoms with Crippen LogP contribution in [-0.4, -0.2) is 19.0 Å². The lowest BCUT2D eigenvalue weighted by Gasteiger charge is -2.10. The molecule has 1 aromatic heterocycles. The predicted molar refractivity (Wildman–Crippen MR) is 74.3 cm³/mol. The Hall–Kier alpha value is -2.89. The fraction of sp³-hybridized carbons (Fsp3) is 0.133. The number of aromatic hydroxyl groups is 1. The van der Waals surface area contributed by atoms with Crippen LogP contribution in [0.2, 0.25) is 0 Å². The van der Waals surface area contributed by atoms with Crippen LogP contribution in [0, 0.1) is 0 Å². The highest BCUT2D eigenvalue weighted by molar-refractivity contribution is 6.12. The summed E-state index contributed by atoms with van der Waals surface area (Å²) in [5.74, 6) is 1.38. The van der Waals surface area contributed by atoms with Crippen molar-refractivity contribution in [3.05, 3.63) is 34.7 Å². The minimum absolute atomic E-state index is 0.0494. The van der Waals surface area contributed by atoms with Gasteiger partial charge in [0.05, 0.1) is 17.9 Å². The Morgan fingerprint density at radius 2 is 2.05 bits per heavy atom. The molecular formula is C15H10O6. The van der Waals surface area contributed by atoms with E-state index < -0.39 is 5.63 Å². The van der Waals surface area contributed by atoms with Crippen LogP contribution in [-0.2, 0) is 0 Å². The van der Waals surface area contributed by atoms with Crippen LogP contribution in [0.25, 0.3) is 21.7 Å². The lowest BCUT2D eigenvalue weighted by molar-refractivity contribution is 0.175. The first-order chi connectivity index (χ1) is 10.2. The van der Waals surface area contributed by atoms with Crippen LogP contribution in [0.4, 0.5) is 0 Å². The van der Waals surface area contributed by atoms with Gasteiger partial charge in [-0.2, -0.15) is 0 Å². The summed E-state index contributed by atoms with van der Waals surface area (Å²) in [6, 6.07) is 6.12. The van der Waals surface area contributed by atoms with Gasteiger partial charge in [-0.15, -0.1) is 0 Å². The van der Waals surface area contributed by atoms with Gasteiger partial charge in [-0.3, -0.25) is 0 Å². The van der Waals surface area contributed by atoms with Crippen LogP contribution < -0.4 is 19.8 Å². The third-order valence-electron chi connectivity index (χ3n) is 3.48. The first-order valence-corrected chi connectivity index (χ1v) is 6.25. The smallest absolute Gasteiger partial charge is 0.344 e. The molecule has 21 heavy (non-hydrogen) atoms. The van der Waals surface area contributed by atoms with Crippen LogP contribution in [0.5, 0.6) is 23.0 Å². The van der Waals surface area contributed by atoms with Crippen molar-refractivity contribution in [3.63, 3.8) is 0 Å². The van der Waals surface area contributed by atoms with Crippen LogP contribution in [0.3, 0.4) is 0 Å². The zero-order valence-corrected chi connectivity index (χ0v) is 11.0. The second-order valence-corrected chi connectivity index (χ2v) is 4.63. The lowest BCUT2D eigenvalue weighted by Crippen LogP contribution is -2.01. The SMILES string of the molecule is COc1cc(O)cc2oc(=O)c3ccc4c(c3c12)OCO4. The Kier molecular flexibility index (Phi) is 2.29. The van der Waals surface area contributed by atoms with Crippen molar-refractivity contribution in [2.45, 2.75) is 0 Å². The van der Waals surface area contributed by atoms with Crippen LogP contribution in [0.15, 0.2) is 33.5 Å². The molecule has 0 radical (unpaired) electrons. The molecule has 1 aliphatic heterocycles. The fourth-order valence-electron chi connectivity index (χ4n) is 2.61. The zero-order valence-electron chi connectivity index (χ0n) is 11.0. The third kappa shape index (κ3) is 1.56. The summed E-state index contributed by atoms with van der Waals surface area (Å²) in [6.45, 7) is 0.0938. The van der Waals surface area contributed by atoms with Crippen LogP contribution in [0.1, 0.15) is 0 Å². The Bertz CT molecular complexity index is 940. The molecule has 0 atom stereocenters. The largest absolute Gasteiger partial charge is 0.508 e. The van der Waals surface area contributed by atoms with Gasteiger partial charge in [0, 0.05) is 17.5 Å². The standard InChI is InChI=1S/C15H10O6/c1-18-10-4-7(16)5-11-13(10)12-8(15(17)21-11)2-3-9-14(12)20-6-19-9/h2-5,16H,6H2,1H3. The quantitative estimate of drug-likeness (QED) is 0.546. The number of rotatable bonds is 1. The van der Waals surface area contributed by atoms with Gasteiger partial charge in [0.2, 0.25) is 6.79 Å². The van der Waals surface area contributed by atoms with Crippen molar-refractivity contribution in [1.29, 1.82) is 0 Å². The van der Waals surface area contributed by atoms with Crippen LogP contribution >= 0.6 is 0 Å². The number of hydrogen-bond acceptors (Lipinski definition) is 6. The summed E-state index contributed by atoms with van der Waals surface area (Å²) >= 11 is 0. The molecule has 0 fully saturated rings. The Morgan fingerprint density at radius 1 is 1.19 bits per heavy atom. The monoisotopic (exact) mass is 286 g/mol. The number of fused-ring (bicyclic) bond motifs is 5. The highest BCUT2D eigenvalue weighted by Crippen LogP contribution is 2.44. The van der Waals surface area contributed by atoms with E-state index in [2.05, 4.69) is 0 Å². The highest BCUT2D eigenvalue weighted by Gasteiger charge is 2.23. The maximum atomic E-state index is 12.1. The first kappa shape index (κ1) is 11.9. The molecule has 6 nitrogen and oxygen atoms in total. The maximum absolute atomic E-state index is 12.1. The van der Waals surface area contributed by atoms with Gasteiger partial charge in [-0.1, -0.05) is 0 Å². The molecule has 106 valence electrons. The molecule has 0 saturated heterocycles. The van der Waals surface area contributed by atoms with Gasteiger partial charge < -0.3 is 23.7 Å². The topological polar surface area (TPSA) is 78.1 Å². The Morgan fingerprint density at radius 3 is 2.86 bits per heavy atom. The predicted octanol–water partition coefficient (Wildman–Crippen LogP) is 2.39. The third-order valence-corrected chi connectivity index (χ3v) is 3.48. The van der Waals surface area contributed by atoms with Gasteiger partial charge in [-0.25, -0.2) is 4.79 Å². The van der Waals surface area contributed by atoms with E-state index in [-0.39, 0.29) is 18.1 Å². The molecule has 0 amide bonds. The van der Waals surface area contributed by atoms with Crippen molar-refractivity contribution in [3.8, 4) is 23.0 Å². The molecule has 0 saturated carbocycles. The van der Waals surface area contributed by atoms with E-state index >= 15 is 0 Å². The van der Waals surface area contributed by atoms with Crippen molar-refractivity contribution in [1.82, 2.24) is 0 Å². The molecule has 0 spiro atoms. The molecule has 1 aliphatic rings. The maximum Gasteiger partial charge on any atom is 0.344 e. The fourth-order valence-corrected chi connectivity index (χ4v) is 2.61. The highest BCUT2D eigenvalue weighted by atomic mass is 16.7. The summed E-state index contributed by atoms with van der Waals surface area (Å²) in [4.78, 5) is 12.1. The molecule has 2 aromatic carbocycles. The molecule has 0 aliphatic carbocycles. The average molecular weight is 286 g/mol. The molecule has 3 aromatic rings. The summed E-state index contributed by atoms with van der Waals surface area (Å²) in [6.07, 6.45) is 0. The number of phenolic OH excluding ortho intramolecular Hbond substituents is 1. The van der Waals surface area contributed by atoms with E-state index in [9.17, 15) is 9.90 Å². The van der Waals surface area contributed by atoms with E-state index in [1.165, 1.54) is 19.2 Å². The first-order valence-electron chi connectivity index (χ1n) is 6.25. The Labute approximate surface area is 118 Å². The number of methoxy groups -OCH3 is 1. The average Bonchev–Trinajstić information content (AvgIpc) is 2.94. The molecule has 0 unspecified atom stereocenters. The van der Waals surface area contributed by atoms with E-state index in [0.717, 1.165) is 0 Å². The summed E-state index contributed by atoms with van der Waals surface area (Å²) in [5, 5.41) is 11.2. The number of phenols is 1. The van der Waals surface area contributed by atoms with Crippen molar-refractivity contribution < 1.29 is 23.7 Å². The normalized spacial score (nSPS) is 13.0. The summed E-state index contributed by atoms with van der Waals surface area (Å²) < 4.78 is 21.4. The summed E-state index contributed by atoms with van der Waals surface area (Å²) in [5.41, 5.74) is -0.281. The van der Waals surface area contributed by atoms with Crippen molar-refractivity contribution >= 4 is 21.7 Å². The zero-order chi connectivity index (χ0) is 14.6. The van der Waals surface area contributed by atoms with Gasteiger partial charge in [-0.05, 0) is 12.1 Å². The van der Waals surface area contributed by atoms with Crippen molar-refractivity contribution in [2.24, 2.45) is 0 Å². The molecule has 0 bridgehead atoms. The van der Waals surface area contributed by atoms with E-state index in [1.54, 1.807) is 12.1 Å². The molecular weight excluding hydrogens is 276 g/mol. The summed E-state index contributed by atoms with van der Waals surface area (Å²) in [7, 11) is 1.48. The number of benzene rings is 2. The minimum Gasteiger partial charge on any atom is -0.508 e. The minimum atomic E-state index is -0.511. The van der Waals surface area contributed by atoms with Gasteiger partial charge in [0.25, 0.3) is 0 Å². The van der Waals surface area contributed by atoms with E-state index in [4.69, 9.17) is 18.6 Å². The van der Waals surface area contributed by atoms with Crippen molar-refractivity contribution in [2.75, 3.05) is 13.9 Å². The lowest BCUT2D eigenvalue weighted by atomic mass is 10.0. The van der Waals surface area contributed by atoms with Gasteiger partial charge in [0.15, 0.2) is 11.5 Å². The number of hydrogen-bond donors (Lipinski definition) is 1. The second kappa shape index (κ2) is 4.05. The molecule has 6 heteroatoms.